The first kappa shape index (κ1) is 12.7. The van der Waals surface area contributed by atoms with Crippen molar-refractivity contribution in [2.24, 2.45) is 5.73 Å². The molecule has 0 aromatic heterocycles. The zero-order chi connectivity index (χ0) is 10.4. The maximum Gasteiger partial charge on any atom is 0.289 e. The van der Waals surface area contributed by atoms with Gasteiger partial charge in [-0.2, -0.15) is 0 Å². The van der Waals surface area contributed by atoms with Crippen LogP contribution in [0.5, 0.6) is 0 Å². The first-order valence-electron chi connectivity index (χ1n) is 4.69. The summed E-state index contributed by atoms with van der Waals surface area (Å²) in [5.41, 5.74) is 5.46. The molecule has 2 radical (unpaired) electrons. The monoisotopic (exact) mass is 183 g/mol. The lowest BCUT2D eigenvalue weighted by atomic mass is 9.56. The number of hydrogen-bond donors (Lipinski definition) is 2. The topological polar surface area (TPSA) is 63.3 Å². The van der Waals surface area contributed by atoms with Crippen molar-refractivity contribution in [3.63, 3.8) is 0 Å². The van der Waals surface area contributed by atoms with Gasteiger partial charge in [0.1, 0.15) is 5.78 Å². The molecule has 0 aliphatic carbocycles. The van der Waals surface area contributed by atoms with Gasteiger partial charge in [0.2, 0.25) is 0 Å². The fraction of sp³-hybridized carbons (Fsp3) is 0.778. The molecule has 4 heteroatoms. The molecule has 0 saturated carbocycles. The van der Waals surface area contributed by atoms with Crippen molar-refractivity contribution in [2.45, 2.75) is 44.9 Å². The summed E-state index contributed by atoms with van der Waals surface area (Å²) in [5.74, 6) is -0.0552. The highest BCUT2D eigenvalue weighted by molar-refractivity contribution is 6.50. The predicted octanol–water partition coefficient (Wildman–Crippen LogP) is 0.768. The molecule has 2 atom stereocenters. The van der Waals surface area contributed by atoms with E-state index >= 15 is 0 Å². The molecule has 0 spiro atoms. The molecular formula is C9H18BNO2. The number of ketones is 1. The average molecular weight is 183 g/mol. The molecule has 0 heterocycles. The Morgan fingerprint density at radius 1 is 1.69 bits per heavy atom. The van der Waals surface area contributed by atoms with Crippen LogP contribution in [0.1, 0.15) is 26.2 Å². The predicted molar refractivity (Wildman–Crippen MR) is 54.4 cm³/mol. The third-order valence-electron chi connectivity index (χ3n) is 2.34. The Kier molecular flexibility index (Phi) is 6.00. The van der Waals surface area contributed by atoms with Gasteiger partial charge in [0.25, 0.3) is 6.92 Å². The summed E-state index contributed by atoms with van der Waals surface area (Å²) >= 11 is 0. The highest BCUT2D eigenvalue weighted by Crippen LogP contribution is 2.19. The van der Waals surface area contributed by atoms with E-state index in [1.807, 2.05) is 6.92 Å². The quantitative estimate of drug-likeness (QED) is 0.597. The van der Waals surface area contributed by atoms with E-state index in [9.17, 15) is 9.82 Å². The molecule has 0 rings (SSSR count). The fourth-order valence-electron chi connectivity index (χ4n) is 1.20. The van der Waals surface area contributed by atoms with Crippen molar-refractivity contribution in [2.75, 3.05) is 0 Å². The third kappa shape index (κ3) is 4.43. The van der Waals surface area contributed by atoms with E-state index in [-0.39, 0.29) is 18.0 Å². The minimum atomic E-state index is -0.576. The Morgan fingerprint density at radius 3 is 2.54 bits per heavy atom. The summed E-state index contributed by atoms with van der Waals surface area (Å²) < 4.78 is 0. The smallest absolute Gasteiger partial charge is 0.289 e. The lowest BCUT2D eigenvalue weighted by molar-refractivity contribution is -0.120. The SMILES string of the molecule is [CH]CC(N)C(=O)C[C@@H](CC)B(C)O. The molecule has 0 fully saturated rings. The number of nitrogens with two attached hydrogens (primary N) is 1. The number of rotatable bonds is 6. The highest BCUT2D eigenvalue weighted by Gasteiger charge is 2.22. The van der Waals surface area contributed by atoms with Crippen LogP contribution in [0, 0.1) is 6.92 Å². The van der Waals surface area contributed by atoms with Crippen molar-refractivity contribution in [1.82, 2.24) is 0 Å². The maximum atomic E-state index is 11.3. The molecular weight excluding hydrogens is 165 g/mol. The summed E-state index contributed by atoms with van der Waals surface area (Å²) in [6.45, 7) is 8.43. The second kappa shape index (κ2) is 6.16. The van der Waals surface area contributed by atoms with Crippen molar-refractivity contribution < 1.29 is 9.82 Å². The summed E-state index contributed by atoms with van der Waals surface area (Å²) in [6.07, 6.45) is 1.28. The van der Waals surface area contributed by atoms with Crippen LogP contribution >= 0.6 is 0 Å². The first-order valence-corrected chi connectivity index (χ1v) is 4.69. The largest absolute Gasteiger partial charge is 0.450 e. The van der Waals surface area contributed by atoms with E-state index in [0.29, 0.717) is 6.42 Å². The lowest BCUT2D eigenvalue weighted by Crippen LogP contribution is -2.32. The number of carbonyl (C=O) groups excluding carboxylic acids is 1. The molecule has 0 bridgehead atoms. The van der Waals surface area contributed by atoms with Crippen LogP contribution in [0.15, 0.2) is 0 Å². The zero-order valence-electron chi connectivity index (χ0n) is 8.36. The van der Waals surface area contributed by atoms with Crippen molar-refractivity contribution in [1.29, 1.82) is 0 Å². The van der Waals surface area contributed by atoms with E-state index in [0.717, 1.165) is 6.42 Å². The molecule has 3 nitrogen and oxygen atoms in total. The fourth-order valence-corrected chi connectivity index (χ4v) is 1.20. The van der Waals surface area contributed by atoms with Gasteiger partial charge in [-0.25, -0.2) is 0 Å². The van der Waals surface area contributed by atoms with Gasteiger partial charge < -0.3 is 10.8 Å². The van der Waals surface area contributed by atoms with Gasteiger partial charge in [-0.15, -0.1) is 0 Å². The summed E-state index contributed by atoms with van der Waals surface area (Å²) in [6, 6.07) is -0.576. The number of Topliss-reactive ketones (excluding diaryl/α,β-unsaturated/α-hetero) is 1. The molecule has 0 aliphatic rings. The normalized spacial score (nSPS) is 15.2. The van der Waals surface area contributed by atoms with E-state index < -0.39 is 13.0 Å². The van der Waals surface area contributed by atoms with Gasteiger partial charge in [-0.3, -0.25) is 4.79 Å². The van der Waals surface area contributed by atoms with Crippen LogP contribution < -0.4 is 5.73 Å². The van der Waals surface area contributed by atoms with Crippen LogP contribution in [0.3, 0.4) is 0 Å². The summed E-state index contributed by atoms with van der Waals surface area (Å²) in [4.78, 5) is 11.3. The second-order valence-corrected chi connectivity index (χ2v) is 3.42. The Labute approximate surface area is 80.8 Å². The van der Waals surface area contributed by atoms with Crippen LogP contribution in [0.25, 0.3) is 0 Å². The standard InChI is InChI=1S/C9H18BNO2/c1-4-7(10(3)13)6-9(12)8(11)5-2/h2,7-8,13H,4-6,11H2,1,3H3/t7-,8?/m1/s1. The van der Waals surface area contributed by atoms with E-state index in [1.165, 1.54) is 0 Å². The van der Waals surface area contributed by atoms with E-state index in [1.54, 1.807) is 6.82 Å². The molecule has 1 unspecified atom stereocenters. The Bertz CT molecular complexity index is 162. The van der Waals surface area contributed by atoms with Gasteiger partial charge >= 0.3 is 0 Å². The second-order valence-electron chi connectivity index (χ2n) is 3.42. The molecule has 0 amide bonds. The van der Waals surface area contributed by atoms with E-state index in [2.05, 4.69) is 0 Å². The molecule has 74 valence electrons. The molecule has 0 aromatic rings. The van der Waals surface area contributed by atoms with Crippen LogP contribution in [0.4, 0.5) is 0 Å². The Balaban J connectivity index is 4.01. The van der Waals surface area contributed by atoms with Gasteiger partial charge in [-0.05, 0) is 19.2 Å². The lowest BCUT2D eigenvalue weighted by Gasteiger charge is -2.16. The third-order valence-corrected chi connectivity index (χ3v) is 2.34. The maximum absolute atomic E-state index is 11.3. The van der Waals surface area contributed by atoms with Gasteiger partial charge in [0, 0.05) is 6.42 Å². The van der Waals surface area contributed by atoms with Crippen molar-refractivity contribution in [3.8, 4) is 0 Å². The van der Waals surface area contributed by atoms with Gasteiger partial charge in [-0.1, -0.05) is 20.2 Å². The molecule has 0 aliphatic heterocycles. The zero-order valence-corrected chi connectivity index (χ0v) is 8.36. The minimum Gasteiger partial charge on any atom is -0.450 e. The molecule has 0 saturated heterocycles. The summed E-state index contributed by atoms with van der Waals surface area (Å²) in [7, 11) is 0. The van der Waals surface area contributed by atoms with Crippen molar-refractivity contribution in [3.05, 3.63) is 6.92 Å². The van der Waals surface area contributed by atoms with Crippen LogP contribution in [-0.4, -0.2) is 23.8 Å². The summed E-state index contributed by atoms with van der Waals surface area (Å²) in [5, 5.41) is 9.29. The molecule has 3 N–H and O–H groups in total. The average Bonchev–Trinajstić information content (AvgIpc) is 2.11. The number of hydrogen-bond acceptors (Lipinski definition) is 3. The number of carbonyl (C=O) groups is 1. The highest BCUT2D eigenvalue weighted by atomic mass is 16.2. The van der Waals surface area contributed by atoms with Crippen LogP contribution in [-0.2, 0) is 4.79 Å². The first-order chi connectivity index (χ1) is 6.02. The molecule has 13 heavy (non-hydrogen) atoms. The van der Waals surface area contributed by atoms with Crippen LogP contribution in [0.2, 0.25) is 12.6 Å². The van der Waals surface area contributed by atoms with Gasteiger partial charge in [0.15, 0.2) is 0 Å². The molecule has 0 aromatic carbocycles. The Hall–Kier alpha value is -0.345. The minimum absolute atomic E-state index is 0.00472. The van der Waals surface area contributed by atoms with E-state index in [4.69, 9.17) is 12.7 Å². The van der Waals surface area contributed by atoms with Gasteiger partial charge in [0.05, 0.1) is 6.04 Å². The van der Waals surface area contributed by atoms with Crippen molar-refractivity contribution >= 4 is 12.7 Å². The Morgan fingerprint density at radius 2 is 2.23 bits per heavy atom.